The minimum atomic E-state index is -2.49. The number of benzene rings is 2. The number of aromatic hydroxyl groups is 1. The monoisotopic (exact) mass is 522 g/mol. The van der Waals surface area contributed by atoms with Crippen LogP contribution in [0, 0.1) is 11.8 Å². The van der Waals surface area contributed by atoms with Gasteiger partial charge in [-0.05, 0) is 35.4 Å². The summed E-state index contributed by atoms with van der Waals surface area (Å²) >= 11 is 0. The van der Waals surface area contributed by atoms with E-state index in [-0.39, 0.29) is 18.7 Å². The highest BCUT2D eigenvalue weighted by Crippen LogP contribution is 2.29. The number of H-pyrrole nitrogens is 1. The number of alkyl halides is 2. The number of nitrogens with zero attached hydrogens (tertiary/aromatic N) is 2. The lowest BCUT2D eigenvalue weighted by Gasteiger charge is -2.30. The third-order valence-electron chi connectivity index (χ3n) is 6.67. The molecule has 1 atom stereocenters. The molecule has 200 valence electrons. The first-order chi connectivity index (χ1) is 18.3. The van der Waals surface area contributed by atoms with Crippen LogP contribution in [0.5, 0.6) is 5.75 Å². The van der Waals surface area contributed by atoms with Crippen molar-refractivity contribution in [3.63, 3.8) is 0 Å². The summed E-state index contributed by atoms with van der Waals surface area (Å²) in [6, 6.07) is 15.8. The van der Waals surface area contributed by atoms with Crippen LogP contribution in [0.4, 0.5) is 8.78 Å². The van der Waals surface area contributed by atoms with Crippen molar-refractivity contribution >= 4 is 0 Å². The Morgan fingerprint density at radius 3 is 2.37 bits per heavy atom. The van der Waals surface area contributed by atoms with Crippen molar-refractivity contribution in [1.82, 2.24) is 20.2 Å². The average Bonchev–Trinajstić information content (AvgIpc) is 2.91. The first-order valence-corrected chi connectivity index (χ1v) is 12.6. The molecule has 0 saturated carbocycles. The fourth-order valence-corrected chi connectivity index (χ4v) is 4.46. The van der Waals surface area contributed by atoms with Gasteiger partial charge in [0.15, 0.2) is 0 Å². The lowest BCUT2D eigenvalue weighted by Crippen LogP contribution is -2.39. The number of aromatic amines is 1. The minimum Gasteiger partial charge on any atom is -0.502 e. The van der Waals surface area contributed by atoms with Crippen LogP contribution in [0.1, 0.15) is 34.9 Å². The van der Waals surface area contributed by atoms with Crippen molar-refractivity contribution in [3.8, 4) is 17.6 Å². The maximum absolute atomic E-state index is 12.8. The van der Waals surface area contributed by atoms with Crippen LogP contribution in [-0.2, 0) is 23.1 Å². The fourth-order valence-electron chi connectivity index (χ4n) is 4.46. The first kappa shape index (κ1) is 27.5. The second kappa shape index (κ2) is 12.8. The van der Waals surface area contributed by atoms with Gasteiger partial charge in [0, 0.05) is 49.1 Å². The van der Waals surface area contributed by atoms with Gasteiger partial charge < -0.3 is 20.1 Å². The van der Waals surface area contributed by atoms with E-state index in [1.165, 1.54) is 11.9 Å². The van der Waals surface area contributed by atoms with Gasteiger partial charge in [0.05, 0.1) is 31.8 Å². The molecule has 7 nitrogen and oxygen atoms in total. The van der Waals surface area contributed by atoms with Gasteiger partial charge in [0.2, 0.25) is 5.75 Å². The molecule has 3 aromatic rings. The van der Waals surface area contributed by atoms with Crippen molar-refractivity contribution < 1.29 is 18.6 Å². The predicted octanol–water partition coefficient (Wildman–Crippen LogP) is 3.06. The van der Waals surface area contributed by atoms with E-state index in [9.17, 15) is 18.7 Å². The second-order valence-electron chi connectivity index (χ2n) is 9.70. The van der Waals surface area contributed by atoms with Crippen molar-refractivity contribution in [2.45, 2.75) is 31.7 Å². The molecular formula is C29H32F2N4O3. The maximum Gasteiger partial charge on any atom is 0.293 e. The molecule has 1 saturated heterocycles. The van der Waals surface area contributed by atoms with Gasteiger partial charge in [0.1, 0.15) is 0 Å². The minimum absolute atomic E-state index is 0.181. The zero-order valence-electron chi connectivity index (χ0n) is 21.3. The summed E-state index contributed by atoms with van der Waals surface area (Å²) in [5.74, 6) is 5.90. The summed E-state index contributed by atoms with van der Waals surface area (Å²) in [7, 11) is 0. The number of ether oxygens (including phenoxy) is 1. The molecule has 0 aliphatic carbocycles. The lowest BCUT2D eigenvalue weighted by atomic mass is 9.78. The zero-order chi connectivity index (χ0) is 27.0. The van der Waals surface area contributed by atoms with Crippen molar-refractivity contribution in [2.75, 3.05) is 39.4 Å². The Morgan fingerprint density at radius 2 is 1.74 bits per heavy atom. The highest BCUT2D eigenvalue weighted by molar-refractivity contribution is 5.45. The van der Waals surface area contributed by atoms with Gasteiger partial charge in [-0.1, -0.05) is 43.0 Å². The van der Waals surface area contributed by atoms with E-state index in [4.69, 9.17) is 4.74 Å². The second-order valence-corrected chi connectivity index (χ2v) is 9.70. The molecule has 0 radical (unpaired) electrons. The Labute approximate surface area is 220 Å². The first-order valence-electron chi connectivity index (χ1n) is 12.6. The molecule has 1 fully saturated rings. The largest absolute Gasteiger partial charge is 0.502 e. The van der Waals surface area contributed by atoms with Crippen molar-refractivity contribution in [1.29, 1.82) is 0 Å². The molecular weight excluding hydrogens is 490 g/mol. The third kappa shape index (κ3) is 7.48. The summed E-state index contributed by atoms with van der Waals surface area (Å²) in [6.07, 6.45) is -1.09. The number of morpholine rings is 1. The summed E-state index contributed by atoms with van der Waals surface area (Å²) in [5, 5.41) is 13.0. The molecule has 3 N–H and O–H groups in total. The standard InChI is InChI=1S/C29H32F2N4O3/c1-29(19-32-17-26(30)31,16-25-27(36)28(37)34-20-33-25)24-10-8-22(9-11-24)3-2-21-4-6-23(7-5-21)18-35-12-14-38-15-13-35/h4-11,20,26,32,36H,12-19H2,1H3,(H,33,34,37). The Bertz CT molecular complexity index is 1310. The van der Waals surface area contributed by atoms with Gasteiger partial charge in [-0.15, -0.1) is 0 Å². The smallest absolute Gasteiger partial charge is 0.293 e. The normalized spacial score (nSPS) is 15.6. The van der Waals surface area contributed by atoms with Crippen LogP contribution in [0.25, 0.3) is 0 Å². The number of hydrogen-bond donors (Lipinski definition) is 3. The number of halogens is 2. The van der Waals surface area contributed by atoms with Gasteiger partial charge in [-0.25, -0.2) is 13.8 Å². The number of hydrogen-bond acceptors (Lipinski definition) is 6. The summed E-state index contributed by atoms with van der Waals surface area (Å²) in [5.41, 5.74) is 2.66. The van der Waals surface area contributed by atoms with E-state index in [0.717, 1.165) is 49.5 Å². The molecule has 2 heterocycles. The molecule has 1 unspecified atom stereocenters. The van der Waals surface area contributed by atoms with Gasteiger partial charge >= 0.3 is 0 Å². The molecule has 0 spiro atoms. The molecule has 0 bridgehead atoms. The molecule has 1 aromatic heterocycles. The lowest BCUT2D eigenvalue weighted by molar-refractivity contribution is 0.0342. The van der Waals surface area contributed by atoms with Crippen LogP contribution in [0.2, 0.25) is 0 Å². The highest BCUT2D eigenvalue weighted by Gasteiger charge is 2.29. The molecule has 1 aliphatic rings. The van der Waals surface area contributed by atoms with E-state index in [1.54, 1.807) is 0 Å². The van der Waals surface area contributed by atoms with Gasteiger partial charge in [-0.3, -0.25) is 9.69 Å². The summed E-state index contributed by atoms with van der Waals surface area (Å²) in [6.45, 7) is 5.96. The molecule has 38 heavy (non-hydrogen) atoms. The highest BCUT2D eigenvalue weighted by atomic mass is 19.3. The fraction of sp³-hybridized carbons (Fsp3) is 0.379. The van der Waals surface area contributed by atoms with E-state index >= 15 is 0 Å². The van der Waals surface area contributed by atoms with Crippen LogP contribution < -0.4 is 10.9 Å². The van der Waals surface area contributed by atoms with Crippen molar-refractivity contribution in [3.05, 3.63) is 93.2 Å². The number of aromatic nitrogens is 2. The SMILES string of the molecule is CC(CNCC(F)F)(Cc1nc[nH]c(=O)c1O)c1ccc(C#Cc2ccc(CN3CCOCC3)cc2)cc1. The Balaban J connectivity index is 1.47. The van der Waals surface area contributed by atoms with Crippen molar-refractivity contribution in [2.24, 2.45) is 0 Å². The maximum atomic E-state index is 12.8. The summed E-state index contributed by atoms with van der Waals surface area (Å²) in [4.78, 5) is 20.6. The molecule has 1 aliphatic heterocycles. The molecule has 4 rings (SSSR count). The quantitative estimate of drug-likeness (QED) is 0.375. The Hall–Kier alpha value is -3.58. The van der Waals surface area contributed by atoms with Crippen LogP contribution in [0.15, 0.2) is 59.7 Å². The third-order valence-corrected chi connectivity index (χ3v) is 6.67. The van der Waals surface area contributed by atoms with E-state index in [2.05, 4.69) is 44.2 Å². The Morgan fingerprint density at radius 1 is 1.11 bits per heavy atom. The van der Waals surface area contributed by atoms with E-state index in [0.29, 0.717) is 0 Å². The number of rotatable bonds is 9. The van der Waals surface area contributed by atoms with E-state index < -0.39 is 29.7 Å². The summed E-state index contributed by atoms with van der Waals surface area (Å²) < 4.78 is 31.0. The van der Waals surface area contributed by atoms with Gasteiger partial charge in [-0.2, -0.15) is 0 Å². The van der Waals surface area contributed by atoms with E-state index in [1.807, 2.05) is 43.3 Å². The molecule has 2 aromatic carbocycles. The number of nitrogens with one attached hydrogen (secondary N) is 2. The molecule has 9 heteroatoms. The van der Waals surface area contributed by atoms with Crippen LogP contribution >= 0.6 is 0 Å². The molecule has 0 amide bonds. The predicted molar refractivity (Wildman–Crippen MR) is 141 cm³/mol. The average molecular weight is 523 g/mol. The van der Waals surface area contributed by atoms with Gasteiger partial charge in [0.25, 0.3) is 12.0 Å². The Kier molecular flexibility index (Phi) is 9.24. The zero-order valence-corrected chi connectivity index (χ0v) is 21.3. The van der Waals surface area contributed by atoms with Crippen LogP contribution in [-0.4, -0.2) is 65.8 Å². The van der Waals surface area contributed by atoms with Crippen LogP contribution in [0.3, 0.4) is 0 Å². The topological polar surface area (TPSA) is 90.5 Å².